The summed E-state index contributed by atoms with van der Waals surface area (Å²) in [7, 11) is -7.10. The summed E-state index contributed by atoms with van der Waals surface area (Å²) in [5, 5.41) is 13.0. The van der Waals surface area contributed by atoms with E-state index in [1.165, 1.54) is 12.4 Å². The highest BCUT2D eigenvalue weighted by Crippen LogP contribution is 2.30. The maximum atomic E-state index is 12.1. The fraction of sp³-hybridized carbons (Fsp3) is 0.333. The van der Waals surface area contributed by atoms with Crippen LogP contribution in [0.15, 0.2) is 58.6 Å². The van der Waals surface area contributed by atoms with Gasteiger partial charge < -0.3 is 4.84 Å². The van der Waals surface area contributed by atoms with Crippen LogP contribution in [0.4, 0.5) is 0 Å². The molecule has 0 radical (unpaired) electrons. The highest BCUT2D eigenvalue weighted by molar-refractivity contribution is 7.92. The highest BCUT2D eigenvalue weighted by Gasteiger charge is 2.47. The van der Waals surface area contributed by atoms with Gasteiger partial charge in [-0.05, 0) is 35.7 Å². The first-order valence-corrected chi connectivity index (χ1v) is 13.4. The molecule has 9 nitrogen and oxygen atoms in total. The molecule has 0 aromatic heterocycles. The van der Waals surface area contributed by atoms with Gasteiger partial charge in [-0.3, -0.25) is 10.0 Å². The van der Waals surface area contributed by atoms with E-state index in [0.717, 1.165) is 29.2 Å². The lowest BCUT2D eigenvalue weighted by Gasteiger charge is -2.26. The average Bonchev–Trinajstić information content (AvgIpc) is 3.20. The molecule has 3 rings (SSSR count). The smallest absolute Gasteiger partial charge is 0.264 e. The summed E-state index contributed by atoms with van der Waals surface area (Å²) in [4.78, 5) is 17.6. The summed E-state index contributed by atoms with van der Waals surface area (Å²) >= 11 is 0. The molecule has 0 saturated carbocycles. The Kier molecular flexibility index (Phi) is 6.45. The molecule has 0 spiro atoms. The molecule has 2 atom stereocenters. The molecule has 1 heterocycles. The van der Waals surface area contributed by atoms with Crippen molar-refractivity contribution in [2.75, 3.05) is 12.5 Å². The van der Waals surface area contributed by atoms with Crippen LogP contribution in [0.3, 0.4) is 0 Å². The average molecular weight is 481 g/mol. The minimum Gasteiger partial charge on any atom is -0.392 e. The molecule has 0 aliphatic carbocycles. The second kappa shape index (κ2) is 8.64. The van der Waals surface area contributed by atoms with Crippen molar-refractivity contribution in [2.45, 2.75) is 35.5 Å². The van der Waals surface area contributed by atoms with Crippen LogP contribution in [0, 0.1) is 0 Å². The van der Waals surface area contributed by atoms with E-state index in [2.05, 4.69) is 5.16 Å². The van der Waals surface area contributed by atoms with Crippen LogP contribution in [0.2, 0.25) is 0 Å². The molecule has 0 saturated heterocycles. The first-order valence-electron chi connectivity index (χ1n) is 9.63. The number of nitrogens with one attached hydrogen (secondary N) is 1. The summed E-state index contributed by atoms with van der Waals surface area (Å²) < 4.78 is 45.6. The monoisotopic (exact) mass is 480 g/mol. The summed E-state index contributed by atoms with van der Waals surface area (Å²) in [6, 6.07) is 14.0. The Morgan fingerprint density at radius 2 is 1.53 bits per heavy atom. The third kappa shape index (κ3) is 4.84. The Morgan fingerprint density at radius 3 is 2.00 bits per heavy atom. The van der Waals surface area contributed by atoms with Crippen LogP contribution in [-0.4, -0.2) is 57.0 Å². The number of hydrogen-bond acceptors (Lipinski definition) is 8. The topological polar surface area (TPSA) is 139 Å². The second-order valence-corrected chi connectivity index (χ2v) is 12.5. The Morgan fingerprint density at radius 1 is 1.03 bits per heavy atom. The molecule has 172 valence electrons. The van der Waals surface area contributed by atoms with E-state index >= 15 is 0 Å². The maximum Gasteiger partial charge on any atom is 0.264 e. The van der Waals surface area contributed by atoms with Crippen molar-refractivity contribution in [3.8, 4) is 11.1 Å². The van der Waals surface area contributed by atoms with Crippen LogP contribution in [0.5, 0.6) is 0 Å². The first kappa shape index (κ1) is 23.9. The molecule has 2 aromatic carbocycles. The highest BCUT2D eigenvalue weighted by atomic mass is 32.2. The lowest BCUT2D eigenvalue weighted by atomic mass is 9.95. The molecule has 32 heavy (non-hydrogen) atoms. The number of rotatable bonds is 7. The van der Waals surface area contributed by atoms with Crippen molar-refractivity contribution < 1.29 is 31.7 Å². The standard InChI is InChI=1S/C21H24N2O7S2/c1-21(20(24)22-25,32(3,28)29)13-17-12-19(23-30-17)16-6-4-14(5-7-16)15-8-10-18(11-9-15)31(2,26)27/h4-11,17,25H,12-13H2,1-3H3,(H,22,24). The molecule has 0 fully saturated rings. The van der Waals surface area contributed by atoms with Gasteiger partial charge in [0, 0.05) is 25.4 Å². The molecule has 1 amide bonds. The zero-order valence-electron chi connectivity index (χ0n) is 17.8. The zero-order valence-corrected chi connectivity index (χ0v) is 19.4. The van der Waals surface area contributed by atoms with E-state index in [9.17, 15) is 21.6 Å². The van der Waals surface area contributed by atoms with Crippen molar-refractivity contribution in [3.63, 3.8) is 0 Å². The van der Waals surface area contributed by atoms with Crippen molar-refractivity contribution in [3.05, 3.63) is 54.1 Å². The van der Waals surface area contributed by atoms with Crippen molar-refractivity contribution in [1.82, 2.24) is 5.48 Å². The molecule has 0 bridgehead atoms. The number of carbonyl (C=O) groups is 1. The minimum atomic E-state index is -3.83. The first-order chi connectivity index (χ1) is 14.8. The number of benzene rings is 2. The van der Waals surface area contributed by atoms with Gasteiger partial charge in [0.15, 0.2) is 24.4 Å². The quantitative estimate of drug-likeness (QED) is 0.456. The van der Waals surface area contributed by atoms with Gasteiger partial charge in [0.25, 0.3) is 5.91 Å². The largest absolute Gasteiger partial charge is 0.392 e. The van der Waals surface area contributed by atoms with Gasteiger partial charge in [-0.2, -0.15) is 0 Å². The Bertz CT molecular complexity index is 1250. The Labute approximate surface area is 186 Å². The number of hydroxylamine groups is 1. The zero-order chi connectivity index (χ0) is 23.7. The fourth-order valence-corrected chi connectivity index (χ4v) is 4.92. The lowest BCUT2D eigenvalue weighted by molar-refractivity contribution is -0.132. The van der Waals surface area contributed by atoms with Crippen molar-refractivity contribution >= 4 is 31.3 Å². The number of sulfone groups is 2. The third-order valence-corrected chi connectivity index (χ3v) is 8.70. The summed E-state index contributed by atoms with van der Waals surface area (Å²) in [5.41, 5.74) is 4.53. The van der Waals surface area contributed by atoms with Gasteiger partial charge in [-0.25, -0.2) is 22.3 Å². The number of nitrogens with zero attached hydrogens (tertiary/aromatic N) is 1. The Hall–Kier alpha value is -2.76. The predicted molar refractivity (Wildman–Crippen MR) is 119 cm³/mol. The van der Waals surface area contributed by atoms with Crippen LogP contribution < -0.4 is 5.48 Å². The van der Waals surface area contributed by atoms with Crippen molar-refractivity contribution in [1.29, 1.82) is 0 Å². The molecule has 1 aliphatic heterocycles. The van der Waals surface area contributed by atoms with E-state index in [4.69, 9.17) is 10.0 Å². The van der Waals surface area contributed by atoms with E-state index in [-0.39, 0.29) is 11.3 Å². The Balaban J connectivity index is 1.72. The van der Waals surface area contributed by atoms with Gasteiger partial charge in [0.2, 0.25) is 0 Å². The third-order valence-electron chi connectivity index (χ3n) is 5.58. The summed E-state index contributed by atoms with van der Waals surface area (Å²) in [6.45, 7) is 1.24. The molecular weight excluding hydrogens is 456 g/mol. The maximum absolute atomic E-state index is 12.1. The fourth-order valence-electron chi connectivity index (χ4n) is 3.42. The lowest BCUT2D eigenvalue weighted by Crippen LogP contribution is -2.51. The van der Waals surface area contributed by atoms with E-state index in [1.807, 2.05) is 24.3 Å². The summed E-state index contributed by atoms with van der Waals surface area (Å²) in [6.07, 6.45) is 1.57. The van der Waals surface area contributed by atoms with Crippen molar-refractivity contribution in [2.24, 2.45) is 5.16 Å². The van der Waals surface area contributed by atoms with E-state index in [0.29, 0.717) is 12.1 Å². The van der Waals surface area contributed by atoms with Crippen LogP contribution in [-0.2, 0) is 29.3 Å². The van der Waals surface area contributed by atoms with Gasteiger partial charge in [-0.15, -0.1) is 0 Å². The van der Waals surface area contributed by atoms with Crippen LogP contribution >= 0.6 is 0 Å². The number of oxime groups is 1. The molecule has 2 N–H and O–H groups in total. The molecule has 2 unspecified atom stereocenters. The second-order valence-electron chi connectivity index (χ2n) is 7.99. The molecule has 1 aliphatic rings. The number of hydrogen-bond donors (Lipinski definition) is 2. The molecule has 2 aromatic rings. The van der Waals surface area contributed by atoms with Gasteiger partial charge >= 0.3 is 0 Å². The van der Waals surface area contributed by atoms with E-state index < -0.39 is 36.4 Å². The molecular formula is C21H24N2O7S2. The summed E-state index contributed by atoms with van der Waals surface area (Å²) in [5.74, 6) is -1.02. The van der Waals surface area contributed by atoms with Crippen LogP contribution in [0.25, 0.3) is 11.1 Å². The number of amides is 1. The van der Waals surface area contributed by atoms with Gasteiger partial charge in [-0.1, -0.05) is 41.6 Å². The van der Waals surface area contributed by atoms with Gasteiger partial charge in [0.1, 0.15) is 6.10 Å². The predicted octanol–water partition coefficient (Wildman–Crippen LogP) is 1.95. The number of carbonyl (C=O) groups excluding carboxylic acids is 1. The SMILES string of the molecule is CC(CC1CC(c2ccc(-c3ccc(S(C)(=O)=O)cc3)cc2)=NO1)(C(=O)NO)S(C)(=O)=O. The van der Waals surface area contributed by atoms with E-state index in [1.54, 1.807) is 24.3 Å². The van der Waals surface area contributed by atoms with Crippen LogP contribution in [0.1, 0.15) is 25.3 Å². The molecule has 11 heteroatoms. The normalized spacial score (nSPS) is 18.4. The minimum absolute atomic E-state index is 0.171. The van der Waals surface area contributed by atoms with Gasteiger partial charge in [0.05, 0.1) is 10.6 Å².